The molecule has 0 fully saturated rings. The Hall–Kier alpha value is 4.35. The molecule has 1 atom stereocenters. The molecule has 0 saturated carbocycles. The number of carboxylic acid groups (broad SMARTS) is 4. The van der Waals surface area contributed by atoms with Crippen LogP contribution in [-0.2, 0) is 19.2 Å². The van der Waals surface area contributed by atoms with Crippen LogP contribution in [0.1, 0.15) is 19.1 Å². The van der Waals surface area contributed by atoms with Gasteiger partial charge in [0.05, 0.1) is 26.2 Å². The molecular weight excluding hydrogens is 457 g/mol. The molecule has 14 heteroatoms. The summed E-state index contributed by atoms with van der Waals surface area (Å²) in [5, 5.41) is 35.2. The first kappa shape index (κ1) is 40.7. The van der Waals surface area contributed by atoms with Gasteiger partial charge in [0.1, 0.15) is 0 Å². The standard InChI is InChI=1S/C12H20N2O8.4K.4H/c1-2-8(14(6-11(19)20)7-12(21)22)3-13(4-9(15)16)5-10(17)18;;;;;;;;/h8H,2-7H2,1H3,(H,15,16)(H,17,18)(H,19,20)(H,21,22);;;;;;;;/q;4*+1;4*-1. The van der Waals surface area contributed by atoms with E-state index in [9.17, 15) is 19.2 Å². The molecule has 10 nitrogen and oxygen atoms in total. The average Bonchev–Trinajstić information content (AvgIpc) is 2.32. The summed E-state index contributed by atoms with van der Waals surface area (Å²) in [7, 11) is 0. The zero-order chi connectivity index (χ0) is 17.3. The minimum atomic E-state index is -1.22. The summed E-state index contributed by atoms with van der Waals surface area (Å²) < 4.78 is 0. The minimum Gasteiger partial charge on any atom is -1.00 e. The summed E-state index contributed by atoms with van der Waals surface area (Å²) >= 11 is 0. The van der Waals surface area contributed by atoms with Crippen molar-refractivity contribution in [1.82, 2.24) is 9.80 Å². The van der Waals surface area contributed by atoms with E-state index in [2.05, 4.69) is 0 Å². The summed E-state index contributed by atoms with van der Waals surface area (Å²) in [6.07, 6.45) is 0.344. The van der Waals surface area contributed by atoms with Crippen LogP contribution < -0.4 is 206 Å². The molecule has 0 heterocycles. The van der Waals surface area contributed by atoms with Crippen LogP contribution >= 0.6 is 0 Å². The zero-order valence-corrected chi connectivity index (χ0v) is 28.6. The number of rotatable bonds is 12. The van der Waals surface area contributed by atoms with E-state index in [-0.39, 0.29) is 218 Å². The molecule has 0 aliphatic rings. The van der Waals surface area contributed by atoms with Gasteiger partial charge in [0.25, 0.3) is 0 Å². The Bertz CT molecular complexity index is 426. The maximum atomic E-state index is 10.8. The zero-order valence-electron chi connectivity index (χ0n) is 20.1. The first-order valence-corrected chi connectivity index (χ1v) is 6.49. The Kier molecular flexibility index (Phi) is 37.5. The predicted molar refractivity (Wildman–Crippen MR) is 77.1 cm³/mol. The van der Waals surface area contributed by atoms with E-state index in [0.29, 0.717) is 6.42 Å². The normalized spacial score (nSPS) is 10.4. The van der Waals surface area contributed by atoms with Crippen LogP contribution in [0.4, 0.5) is 0 Å². The smallest absolute Gasteiger partial charge is 1.00 e. The first-order chi connectivity index (χ1) is 10.1. The molecule has 0 saturated heterocycles. The summed E-state index contributed by atoms with van der Waals surface area (Å²) in [5.41, 5.74) is 0. The monoisotopic (exact) mass is 480 g/mol. The molecular formula is C12H24K4N2O8. The molecule has 0 aromatic rings. The van der Waals surface area contributed by atoms with Crippen molar-refractivity contribution in [2.45, 2.75) is 19.4 Å². The number of hydrogen-bond donors (Lipinski definition) is 4. The number of carbonyl (C=O) groups is 4. The van der Waals surface area contributed by atoms with Crippen molar-refractivity contribution in [3.63, 3.8) is 0 Å². The second-order valence-corrected chi connectivity index (χ2v) is 4.71. The molecule has 0 aromatic heterocycles. The van der Waals surface area contributed by atoms with Crippen LogP contribution in [0.2, 0.25) is 0 Å². The third kappa shape index (κ3) is 23.0. The second-order valence-electron chi connectivity index (χ2n) is 4.71. The SMILES string of the molecule is CCC(CN(CC(=O)O)CC(=O)O)N(CC(=O)O)CC(=O)O.[H-].[H-].[H-].[H-].[K+].[K+].[K+].[K+]. The molecule has 0 aromatic carbocycles. The van der Waals surface area contributed by atoms with Gasteiger partial charge in [-0.3, -0.25) is 29.0 Å². The topological polar surface area (TPSA) is 156 Å². The molecule has 1 unspecified atom stereocenters. The largest absolute Gasteiger partial charge is 1.00 e. The van der Waals surface area contributed by atoms with E-state index in [1.54, 1.807) is 6.92 Å². The average molecular weight is 481 g/mol. The van der Waals surface area contributed by atoms with E-state index in [1.165, 1.54) is 4.90 Å². The van der Waals surface area contributed by atoms with Gasteiger partial charge in [-0.2, -0.15) is 0 Å². The van der Waals surface area contributed by atoms with E-state index in [0.717, 1.165) is 4.90 Å². The molecule has 0 bridgehead atoms. The van der Waals surface area contributed by atoms with Gasteiger partial charge < -0.3 is 26.1 Å². The first-order valence-electron chi connectivity index (χ1n) is 6.49. The summed E-state index contributed by atoms with van der Waals surface area (Å²) in [4.78, 5) is 45.4. The number of hydrogen-bond acceptors (Lipinski definition) is 6. The molecule has 26 heavy (non-hydrogen) atoms. The van der Waals surface area contributed by atoms with E-state index < -0.39 is 56.1 Å². The quantitative estimate of drug-likeness (QED) is 0.198. The maximum absolute atomic E-state index is 10.8. The molecule has 0 rings (SSSR count). The Balaban J connectivity index is -0.0000000787. The van der Waals surface area contributed by atoms with E-state index >= 15 is 0 Å². The van der Waals surface area contributed by atoms with Gasteiger partial charge in [-0.15, -0.1) is 0 Å². The van der Waals surface area contributed by atoms with Gasteiger partial charge >= 0.3 is 229 Å². The third-order valence-corrected chi connectivity index (χ3v) is 2.85. The second kappa shape index (κ2) is 24.0. The van der Waals surface area contributed by atoms with Crippen molar-refractivity contribution < 1.29 is 251 Å². The Labute approximate surface area is 328 Å². The van der Waals surface area contributed by atoms with Crippen molar-refractivity contribution in [3.8, 4) is 0 Å². The van der Waals surface area contributed by atoms with E-state index in [1.807, 2.05) is 0 Å². The van der Waals surface area contributed by atoms with Gasteiger partial charge in [0.15, 0.2) is 0 Å². The summed E-state index contributed by atoms with van der Waals surface area (Å²) in [6.45, 7) is -0.498. The third-order valence-electron chi connectivity index (χ3n) is 2.85. The van der Waals surface area contributed by atoms with E-state index in [4.69, 9.17) is 20.4 Å². The fraction of sp³-hybridized carbons (Fsp3) is 0.667. The Morgan fingerprint density at radius 3 is 1.27 bits per heavy atom. The van der Waals surface area contributed by atoms with Crippen LogP contribution in [-0.4, -0.2) is 92.9 Å². The van der Waals surface area contributed by atoms with Crippen LogP contribution in [0.3, 0.4) is 0 Å². The minimum absolute atomic E-state index is 0. The fourth-order valence-corrected chi connectivity index (χ4v) is 2.03. The molecule has 134 valence electrons. The Morgan fingerprint density at radius 1 is 0.731 bits per heavy atom. The van der Waals surface area contributed by atoms with Gasteiger partial charge in [0.2, 0.25) is 0 Å². The van der Waals surface area contributed by atoms with Crippen molar-refractivity contribution in [3.05, 3.63) is 0 Å². The van der Waals surface area contributed by atoms with Gasteiger partial charge in [0, 0.05) is 12.6 Å². The van der Waals surface area contributed by atoms with Crippen molar-refractivity contribution in [1.29, 1.82) is 0 Å². The van der Waals surface area contributed by atoms with Gasteiger partial charge in [-0.05, 0) is 6.42 Å². The summed E-state index contributed by atoms with van der Waals surface area (Å²) in [6, 6.07) is -0.592. The fourth-order valence-electron chi connectivity index (χ4n) is 2.03. The summed E-state index contributed by atoms with van der Waals surface area (Å²) in [5.74, 6) is -4.89. The van der Waals surface area contributed by atoms with Crippen molar-refractivity contribution in [2.24, 2.45) is 0 Å². The van der Waals surface area contributed by atoms with Gasteiger partial charge in [-0.1, -0.05) is 6.92 Å². The van der Waals surface area contributed by atoms with Crippen LogP contribution in [0.5, 0.6) is 0 Å². The number of nitrogens with zero attached hydrogens (tertiary/aromatic N) is 2. The van der Waals surface area contributed by atoms with Crippen LogP contribution in [0.15, 0.2) is 0 Å². The van der Waals surface area contributed by atoms with Crippen molar-refractivity contribution >= 4 is 23.9 Å². The number of carboxylic acids is 4. The molecule has 0 amide bonds. The maximum Gasteiger partial charge on any atom is 1.00 e. The molecule has 0 aliphatic carbocycles. The molecule has 0 aliphatic heterocycles. The predicted octanol–water partition coefficient (Wildman–Crippen LogP) is -12.8. The number of aliphatic carboxylic acids is 4. The molecule has 0 radical (unpaired) electrons. The van der Waals surface area contributed by atoms with Crippen molar-refractivity contribution in [2.75, 3.05) is 32.7 Å². The van der Waals surface area contributed by atoms with Crippen LogP contribution in [0.25, 0.3) is 0 Å². The van der Waals surface area contributed by atoms with Gasteiger partial charge in [-0.25, -0.2) is 0 Å². The van der Waals surface area contributed by atoms with Crippen LogP contribution in [0, 0.1) is 0 Å². The molecule has 0 spiro atoms. The molecule has 4 N–H and O–H groups in total. The Morgan fingerprint density at radius 2 is 1.04 bits per heavy atom.